The van der Waals surface area contributed by atoms with Crippen molar-refractivity contribution in [3.8, 4) is 0 Å². The molecule has 116 valence electrons. The van der Waals surface area contributed by atoms with Crippen LogP contribution in [0.2, 0.25) is 5.02 Å². The fourth-order valence-electron chi connectivity index (χ4n) is 2.57. The molecule has 1 saturated carbocycles. The molecule has 1 aliphatic carbocycles. The number of thioether (sulfide) groups is 1. The van der Waals surface area contributed by atoms with E-state index in [1.807, 2.05) is 17.8 Å². The van der Waals surface area contributed by atoms with E-state index in [2.05, 4.69) is 16.9 Å². The highest BCUT2D eigenvalue weighted by molar-refractivity contribution is 7.99. The summed E-state index contributed by atoms with van der Waals surface area (Å²) < 4.78 is 0. The molecular formula is C15H21ClN2O2S. The summed E-state index contributed by atoms with van der Waals surface area (Å²) in [4.78, 5) is 11.8. The molecule has 3 N–H and O–H groups in total. The van der Waals surface area contributed by atoms with E-state index in [9.17, 15) is 9.90 Å². The molecule has 2 rings (SSSR count). The van der Waals surface area contributed by atoms with Gasteiger partial charge in [-0.25, -0.2) is 4.79 Å². The summed E-state index contributed by atoms with van der Waals surface area (Å²) in [5.74, 6) is 0. The Balaban J connectivity index is 1.75. The number of benzene rings is 1. The second kappa shape index (κ2) is 7.92. The monoisotopic (exact) mass is 328 g/mol. The Morgan fingerprint density at radius 2 is 2.24 bits per heavy atom. The molecule has 4 nitrogen and oxygen atoms in total. The van der Waals surface area contributed by atoms with Gasteiger partial charge in [-0.3, -0.25) is 0 Å². The molecule has 0 saturated heterocycles. The highest BCUT2D eigenvalue weighted by Crippen LogP contribution is 2.28. The molecule has 1 aliphatic rings. The van der Waals surface area contributed by atoms with Crippen molar-refractivity contribution in [3.63, 3.8) is 0 Å². The lowest BCUT2D eigenvalue weighted by Gasteiger charge is -2.16. The number of carbonyl (C=O) groups excluding carboxylic acids is 1. The summed E-state index contributed by atoms with van der Waals surface area (Å²) in [6, 6.07) is 7.10. The Labute approximate surface area is 134 Å². The van der Waals surface area contributed by atoms with Gasteiger partial charge in [0.2, 0.25) is 0 Å². The molecule has 0 aromatic heterocycles. The van der Waals surface area contributed by atoms with Crippen molar-refractivity contribution < 1.29 is 9.90 Å². The normalized spacial score (nSPS) is 22.8. The lowest BCUT2D eigenvalue weighted by molar-refractivity contribution is 0.172. The number of aliphatic hydroxyl groups excluding tert-OH is 1. The van der Waals surface area contributed by atoms with Gasteiger partial charge in [-0.15, -0.1) is 0 Å². The Morgan fingerprint density at radius 1 is 1.48 bits per heavy atom. The fourth-order valence-corrected chi connectivity index (χ4v) is 3.62. The summed E-state index contributed by atoms with van der Waals surface area (Å²) >= 11 is 7.87. The van der Waals surface area contributed by atoms with Crippen LogP contribution in [0.1, 0.15) is 30.9 Å². The third-order valence-electron chi connectivity index (χ3n) is 3.77. The van der Waals surface area contributed by atoms with E-state index in [0.29, 0.717) is 15.8 Å². The first-order valence-corrected chi connectivity index (χ1v) is 8.76. The maximum absolute atomic E-state index is 11.8. The summed E-state index contributed by atoms with van der Waals surface area (Å²) in [5, 5.41) is 16.9. The minimum Gasteiger partial charge on any atom is -0.387 e. The maximum atomic E-state index is 11.8. The van der Waals surface area contributed by atoms with Crippen molar-refractivity contribution in [2.75, 3.05) is 12.8 Å². The highest BCUT2D eigenvalue weighted by Gasteiger charge is 2.25. The van der Waals surface area contributed by atoms with Gasteiger partial charge in [-0.1, -0.05) is 29.8 Å². The Kier molecular flexibility index (Phi) is 6.21. The first kappa shape index (κ1) is 16.5. The Hall–Kier alpha value is -0.910. The van der Waals surface area contributed by atoms with Crippen LogP contribution in [-0.2, 0) is 0 Å². The Morgan fingerprint density at radius 3 is 2.90 bits per heavy atom. The van der Waals surface area contributed by atoms with Crippen LogP contribution in [0, 0.1) is 0 Å². The van der Waals surface area contributed by atoms with Gasteiger partial charge in [0.1, 0.15) is 0 Å². The van der Waals surface area contributed by atoms with Gasteiger partial charge >= 0.3 is 6.03 Å². The van der Waals surface area contributed by atoms with Gasteiger partial charge in [-0.2, -0.15) is 11.8 Å². The van der Waals surface area contributed by atoms with Crippen molar-refractivity contribution in [3.05, 3.63) is 34.9 Å². The predicted octanol–water partition coefficient (Wildman–Crippen LogP) is 2.96. The standard InChI is InChI=1S/C15H21ClN2O2S/c1-21-11-7-6-10(8-11)18-15(20)17-9-14(19)12-4-2-3-5-13(12)16/h2-5,10-11,14,19H,6-9H2,1H3,(H2,17,18,20). The van der Waals surface area contributed by atoms with E-state index in [1.54, 1.807) is 18.2 Å². The van der Waals surface area contributed by atoms with Crippen molar-refractivity contribution in [2.45, 2.75) is 36.7 Å². The molecule has 0 radical (unpaired) electrons. The summed E-state index contributed by atoms with van der Waals surface area (Å²) in [7, 11) is 0. The van der Waals surface area contributed by atoms with Gasteiger partial charge in [-0.05, 0) is 31.6 Å². The predicted molar refractivity (Wildman–Crippen MR) is 87.9 cm³/mol. The van der Waals surface area contributed by atoms with Gasteiger partial charge in [0.15, 0.2) is 0 Å². The molecule has 1 fully saturated rings. The lowest BCUT2D eigenvalue weighted by atomic mass is 10.1. The van der Waals surface area contributed by atoms with E-state index in [0.717, 1.165) is 19.3 Å². The summed E-state index contributed by atoms with van der Waals surface area (Å²) in [6.45, 7) is 0.147. The minimum atomic E-state index is -0.799. The van der Waals surface area contributed by atoms with Crippen LogP contribution in [-0.4, -0.2) is 35.2 Å². The number of amides is 2. The smallest absolute Gasteiger partial charge is 0.315 e. The molecule has 3 unspecified atom stereocenters. The SMILES string of the molecule is CSC1CCC(NC(=O)NCC(O)c2ccccc2Cl)C1. The molecule has 1 aromatic carbocycles. The molecule has 0 aliphatic heterocycles. The van der Waals surface area contributed by atoms with Gasteiger partial charge in [0.05, 0.1) is 6.10 Å². The van der Waals surface area contributed by atoms with E-state index in [-0.39, 0.29) is 18.6 Å². The van der Waals surface area contributed by atoms with Gasteiger partial charge in [0, 0.05) is 28.4 Å². The number of carbonyl (C=O) groups is 1. The number of aliphatic hydroxyl groups is 1. The van der Waals surface area contributed by atoms with Crippen molar-refractivity contribution >= 4 is 29.4 Å². The fraction of sp³-hybridized carbons (Fsp3) is 0.533. The number of rotatable bonds is 5. The highest BCUT2D eigenvalue weighted by atomic mass is 35.5. The molecule has 0 spiro atoms. The summed E-state index contributed by atoms with van der Waals surface area (Å²) in [5.41, 5.74) is 0.628. The second-order valence-electron chi connectivity index (χ2n) is 5.26. The second-order valence-corrected chi connectivity index (χ2v) is 6.80. The third-order valence-corrected chi connectivity index (χ3v) is 5.21. The van der Waals surface area contributed by atoms with Crippen LogP contribution in [0.4, 0.5) is 4.79 Å². The number of urea groups is 1. The topological polar surface area (TPSA) is 61.4 Å². The van der Waals surface area contributed by atoms with Crippen LogP contribution in [0.15, 0.2) is 24.3 Å². The number of halogens is 1. The quantitative estimate of drug-likeness (QED) is 0.778. The molecular weight excluding hydrogens is 308 g/mol. The zero-order valence-electron chi connectivity index (χ0n) is 12.0. The number of hydrogen-bond acceptors (Lipinski definition) is 3. The van der Waals surface area contributed by atoms with Crippen molar-refractivity contribution in [1.82, 2.24) is 10.6 Å². The average molecular weight is 329 g/mol. The number of nitrogens with one attached hydrogen (secondary N) is 2. The molecule has 3 atom stereocenters. The number of hydrogen-bond donors (Lipinski definition) is 3. The van der Waals surface area contributed by atoms with E-state index >= 15 is 0 Å². The van der Waals surface area contributed by atoms with Crippen molar-refractivity contribution in [2.24, 2.45) is 0 Å². The van der Waals surface area contributed by atoms with E-state index in [1.165, 1.54) is 0 Å². The zero-order chi connectivity index (χ0) is 15.2. The van der Waals surface area contributed by atoms with E-state index < -0.39 is 6.10 Å². The zero-order valence-corrected chi connectivity index (χ0v) is 13.6. The molecule has 0 bridgehead atoms. The average Bonchev–Trinajstić information content (AvgIpc) is 2.93. The first-order chi connectivity index (χ1) is 10.1. The first-order valence-electron chi connectivity index (χ1n) is 7.09. The lowest BCUT2D eigenvalue weighted by Crippen LogP contribution is -2.42. The Bertz CT molecular complexity index is 486. The molecule has 1 aromatic rings. The molecule has 21 heavy (non-hydrogen) atoms. The van der Waals surface area contributed by atoms with Gasteiger partial charge < -0.3 is 15.7 Å². The largest absolute Gasteiger partial charge is 0.387 e. The van der Waals surface area contributed by atoms with Crippen molar-refractivity contribution in [1.29, 1.82) is 0 Å². The maximum Gasteiger partial charge on any atom is 0.315 e. The van der Waals surface area contributed by atoms with Crippen LogP contribution >= 0.6 is 23.4 Å². The minimum absolute atomic E-state index is 0.147. The summed E-state index contributed by atoms with van der Waals surface area (Å²) in [6.07, 6.45) is 4.49. The molecule has 2 amide bonds. The van der Waals surface area contributed by atoms with Crippen LogP contribution < -0.4 is 10.6 Å². The molecule has 0 heterocycles. The van der Waals surface area contributed by atoms with Crippen LogP contribution in [0.3, 0.4) is 0 Å². The molecule has 6 heteroatoms. The van der Waals surface area contributed by atoms with Gasteiger partial charge in [0.25, 0.3) is 0 Å². The van der Waals surface area contributed by atoms with Crippen LogP contribution in [0.25, 0.3) is 0 Å². The van der Waals surface area contributed by atoms with E-state index in [4.69, 9.17) is 11.6 Å². The van der Waals surface area contributed by atoms with Crippen LogP contribution in [0.5, 0.6) is 0 Å². The third kappa shape index (κ3) is 4.80.